The van der Waals surface area contributed by atoms with Gasteiger partial charge in [-0.05, 0) is 29.8 Å². The van der Waals surface area contributed by atoms with Gasteiger partial charge in [0.2, 0.25) is 0 Å². The van der Waals surface area contributed by atoms with Crippen LogP contribution in [-0.4, -0.2) is 13.7 Å². The third-order valence-electron chi connectivity index (χ3n) is 2.43. The average molecular weight is 227 g/mol. The van der Waals surface area contributed by atoms with Crippen LogP contribution >= 0.6 is 0 Å². The zero-order chi connectivity index (χ0) is 11.9. The number of hydrogen-bond acceptors (Lipinski definition) is 2. The molecule has 0 spiro atoms. The topological polar surface area (TPSA) is 18.5 Å². The minimum atomic E-state index is 0.566. The molecule has 87 valence electrons. The summed E-state index contributed by atoms with van der Waals surface area (Å²) in [5.74, 6) is 1.75. The van der Waals surface area contributed by atoms with Crippen LogP contribution in [0.5, 0.6) is 11.5 Å². The Morgan fingerprint density at radius 3 is 2.24 bits per heavy atom. The number of para-hydroxylation sites is 1. The lowest BCUT2D eigenvalue weighted by Gasteiger charge is -2.06. The van der Waals surface area contributed by atoms with Crippen molar-refractivity contribution < 1.29 is 9.47 Å². The smallest absolute Gasteiger partial charge is 0.119 e. The van der Waals surface area contributed by atoms with Crippen LogP contribution in [-0.2, 0) is 0 Å². The van der Waals surface area contributed by atoms with Crippen molar-refractivity contribution in [3.8, 4) is 11.5 Å². The number of hydrogen-bond donors (Lipinski definition) is 0. The summed E-state index contributed by atoms with van der Waals surface area (Å²) in [6.07, 6.45) is 2.03. The van der Waals surface area contributed by atoms with Crippen LogP contribution in [0.2, 0.25) is 0 Å². The number of methoxy groups -OCH3 is 1. The van der Waals surface area contributed by atoms with Crippen LogP contribution in [0.3, 0.4) is 0 Å². The van der Waals surface area contributed by atoms with Crippen LogP contribution in [0, 0.1) is 6.42 Å². The SMILES string of the molecule is COc1ccc([CH]COc2ccccc2)cc1. The summed E-state index contributed by atoms with van der Waals surface area (Å²) in [4.78, 5) is 0. The molecular formula is C15H15O2. The van der Waals surface area contributed by atoms with Gasteiger partial charge in [0.05, 0.1) is 13.7 Å². The van der Waals surface area contributed by atoms with E-state index in [4.69, 9.17) is 9.47 Å². The van der Waals surface area contributed by atoms with Gasteiger partial charge in [-0.25, -0.2) is 0 Å². The Hall–Kier alpha value is -1.96. The quantitative estimate of drug-likeness (QED) is 0.780. The monoisotopic (exact) mass is 227 g/mol. The number of rotatable bonds is 5. The number of benzene rings is 2. The minimum absolute atomic E-state index is 0.566. The Kier molecular flexibility index (Phi) is 4.03. The van der Waals surface area contributed by atoms with Gasteiger partial charge < -0.3 is 9.47 Å². The highest BCUT2D eigenvalue weighted by Crippen LogP contribution is 2.14. The first kappa shape index (κ1) is 11.5. The Morgan fingerprint density at radius 2 is 1.59 bits per heavy atom. The van der Waals surface area contributed by atoms with Crippen molar-refractivity contribution in [1.82, 2.24) is 0 Å². The molecule has 0 atom stereocenters. The third-order valence-corrected chi connectivity index (χ3v) is 2.43. The summed E-state index contributed by atoms with van der Waals surface area (Å²) in [5.41, 5.74) is 1.13. The zero-order valence-electron chi connectivity index (χ0n) is 9.80. The molecule has 0 saturated heterocycles. The van der Waals surface area contributed by atoms with Crippen molar-refractivity contribution in [3.05, 3.63) is 66.6 Å². The predicted molar refractivity (Wildman–Crippen MR) is 68.3 cm³/mol. The van der Waals surface area contributed by atoms with Crippen molar-refractivity contribution in [2.24, 2.45) is 0 Å². The largest absolute Gasteiger partial charge is 0.497 e. The van der Waals surface area contributed by atoms with Crippen molar-refractivity contribution >= 4 is 0 Å². The van der Waals surface area contributed by atoms with Gasteiger partial charge in [-0.1, -0.05) is 30.3 Å². The van der Waals surface area contributed by atoms with E-state index in [1.807, 2.05) is 61.0 Å². The molecule has 2 nitrogen and oxygen atoms in total. The summed E-state index contributed by atoms with van der Waals surface area (Å²) < 4.78 is 10.7. The van der Waals surface area contributed by atoms with Crippen LogP contribution in [0.15, 0.2) is 54.6 Å². The lowest BCUT2D eigenvalue weighted by Crippen LogP contribution is -1.98. The van der Waals surface area contributed by atoms with Crippen LogP contribution in [0.4, 0.5) is 0 Å². The second-order valence-corrected chi connectivity index (χ2v) is 3.60. The van der Waals surface area contributed by atoms with Crippen LogP contribution in [0.25, 0.3) is 0 Å². The van der Waals surface area contributed by atoms with Gasteiger partial charge in [0.25, 0.3) is 0 Å². The summed E-state index contributed by atoms with van der Waals surface area (Å²) >= 11 is 0. The molecular weight excluding hydrogens is 212 g/mol. The average Bonchev–Trinajstić information content (AvgIpc) is 2.41. The number of ether oxygens (including phenoxy) is 2. The van der Waals surface area contributed by atoms with E-state index < -0.39 is 0 Å². The summed E-state index contributed by atoms with van der Waals surface area (Å²) in [6.45, 7) is 0.566. The maximum Gasteiger partial charge on any atom is 0.119 e. The standard InChI is InChI=1S/C15H15O2/c1-16-14-9-7-13(8-10-14)11-12-17-15-5-3-2-4-6-15/h2-11H,12H2,1H3. The molecule has 17 heavy (non-hydrogen) atoms. The van der Waals surface area contributed by atoms with Gasteiger partial charge in [0.15, 0.2) is 0 Å². The lowest BCUT2D eigenvalue weighted by molar-refractivity contribution is 0.352. The summed E-state index contributed by atoms with van der Waals surface area (Å²) in [5, 5.41) is 0. The molecule has 0 amide bonds. The molecule has 1 radical (unpaired) electrons. The summed E-state index contributed by atoms with van der Waals surface area (Å²) in [6, 6.07) is 17.7. The molecule has 2 heteroatoms. The van der Waals surface area contributed by atoms with Gasteiger partial charge in [-0.15, -0.1) is 0 Å². The fraction of sp³-hybridized carbons (Fsp3) is 0.133. The predicted octanol–water partition coefficient (Wildman–Crippen LogP) is 3.33. The van der Waals surface area contributed by atoms with E-state index in [2.05, 4.69) is 0 Å². The molecule has 0 saturated carbocycles. The highest BCUT2D eigenvalue weighted by molar-refractivity contribution is 5.31. The fourth-order valence-electron chi connectivity index (χ4n) is 1.49. The molecule has 0 N–H and O–H groups in total. The van der Waals surface area contributed by atoms with E-state index >= 15 is 0 Å². The molecule has 0 aliphatic rings. The van der Waals surface area contributed by atoms with Gasteiger partial charge in [-0.2, -0.15) is 0 Å². The van der Waals surface area contributed by atoms with Crippen LogP contribution in [0.1, 0.15) is 5.56 Å². The summed E-state index contributed by atoms with van der Waals surface area (Å²) in [7, 11) is 1.66. The second-order valence-electron chi connectivity index (χ2n) is 3.60. The Bertz CT molecular complexity index is 434. The lowest BCUT2D eigenvalue weighted by atomic mass is 10.1. The van der Waals surface area contributed by atoms with E-state index in [1.54, 1.807) is 7.11 Å². The first-order chi connectivity index (χ1) is 8.38. The maximum absolute atomic E-state index is 5.58. The molecule has 0 aromatic heterocycles. The molecule has 0 aliphatic carbocycles. The van der Waals surface area contributed by atoms with Crippen molar-refractivity contribution in [3.63, 3.8) is 0 Å². The third kappa shape index (κ3) is 3.52. The van der Waals surface area contributed by atoms with Gasteiger partial charge in [-0.3, -0.25) is 0 Å². The van der Waals surface area contributed by atoms with Gasteiger partial charge >= 0.3 is 0 Å². The zero-order valence-corrected chi connectivity index (χ0v) is 9.80. The van der Waals surface area contributed by atoms with E-state index in [0.29, 0.717) is 6.61 Å². The van der Waals surface area contributed by atoms with E-state index in [1.165, 1.54) is 0 Å². The normalized spacial score (nSPS) is 9.94. The highest BCUT2D eigenvalue weighted by Gasteiger charge is 1.96. The second kappa shape index (κ2) is 5.94. The maximum atomic E-state index is 5.58. The van der Waals surface area contributed by atoms with E-state index in [0.717, 1.165) is 17.1 Å². The van der Waals surface area contributed by atoms with E-state index in [9.17, 15) is 0 Å². The molecule has 2 rings (SSSR count). The molecule has 0 fully saturated rings. The minimum Gasteiger partial charge on any atom is -0.497 e. The van der Waals surface area contributed by atoms with Gasteiger partial charge in [0.1, 0.15) is 11.5 Å². The Morgan fingerprint density at radius 1 is 0.882 bits per heavy atom. The van der Waals surface area contributed by atoms with E-state index in [-0.39, 0.29) is 0 Å². The highest BCUT2D eigenvalue weighted by atomic mass is 16.5. The molecule has 0 unspecified atom stereocenters. The molecule has 2 aromatic carbocycles. The first-order valence-corrected chi connectivity index (χ1v) is 5.53. The fourth-order valence-corrected chi connectivity index (χ4v) is 1.49. The molecule has 0 aliphatic heterocycles. The molecule has 2 aromatic rings. The first-order valence-electron chi connectivity index (χ1n) is 5.53. The Balaban J connectivity index is 1.82. The van der Waals surface area contributed by atoms with Gasteiger partial charge in [0, 0.05) is 6.42 Å². The Labute approximate surface area is 102 Å². The molecule has 0 bridgehead atoms. The van der Waals surface area contributed by atoms with Crippen molar-refractivity contribution in [2.45, 2.75) is 0 Å². The van der Waals surface area contributed by atoms with Crippen molar-refractivity contribution in [1.29, 1.82) is 0 Å². The van der Waals surface area contributed by atoms with Crippen molar-refractivity contribution in [2.75, 3.05) is 13.7 Å². The molecule has 0 heterocycles. The van der Waals surface area contributed by atoms with Crippen LogP contribution < -0.4 is 9.47 Å².